The van der Waals surface area contributed by atoms with Crippen LogP contribution in [0.4, 0.5) is 4.39 Å². The molecule has 3 N–H and O–H groups in total. The molecule has 0 aromatic heterocycles. The Morgan fingerprint density at radius 1 is 1.11 bits per heavy atom. The molecule has 2 rings (SSSR count). The van der Waals surface area contributed by atoms with Crippen molar-refractivity contribution in [2.45, 2.75) is 19.9 Å². The third kappa shape index (κ3) is 2.95. The van der Waals surface area contributed by atoms with E-state index in [2.05, 4.69) is 5.43 Å². The minimum absolute atomic E-state index is 0.284. The third-order valence-electron chi connectivity index (χ3n) is 3.18. The standard InChI is InChI=1S/C15H16ClFN2/c1-9-3-6-14(17)13(7-9)15(19-18)12-8-11(16)5-4-10(12)2/h3-8,15,19H,18H2,1-2H3. The summed E-state index contributed by atoms with van der Waals surface area (Å²) >= 11 is 6.01. The highest BCUT2D eigenvalue weighted by Crippen LogP contribution is 2.29. The van der Waals surface area contributed by atoms with E-state index in [9.17, 15) is 4.39 Å². The molecule has 0 aliphatic rings. The van der Waals surface area contributed by atoms with Gasteiger partial charge in [-0.2, -0.15) is 0 Å². The predicted molar refractivity (Wildman–Crippen MR) is 76.5 cm³/mol. The minimum atomic E-state index is -0.418. The normalized spacial score (nSPS) is 12.5. The zero-order valence-corrected chi connectivity index (χ0v) is 11.6. The quantitative estimate of drug-likeness (QED) is 0.664. The summed E-state index contributed by atoms with van der Waals surface area (Å²) in [5.41, 5.74) is 6.06. The Bertz CT molecular complexity index is 547. The monoisotopic (exact) mass is 278 g/mol. The number of hydrogen-bond donors (Lipinski definition) is 2. The van der Waals surface area contributed by atoms with Crippen LogP contribution in [0.2, 0.25) is 5.02 Å². The number of benzene rings is 2. The van der Waals surface area contributed by atoms with Crippen molar-refractivity contribution < 1.29 is 4.39 Å². The van der Waals surface area contributed by atoms with Crippen LogP contribution in [0.3, 0.4) is 0 Å². The van der Waals surface area contributed by atoms with Gasteiger partial charge < -0.3 is 0 Å². The molecule has 0 heterocycles. The van der Waals surface area contributed by atoms with Gasteiger partial charge in [0.25, 0.3) is 0 Å². The molecular formula is C15H16ClFN2. The van der Waals surface area contributed by atoms with Crippen molar-refractivity contribution in [3.8, 4) is 0 Å². The van der Waals surface area contributed by atoms with Crippen LogP contribution in [0.25, 0.3) is 0 Å². The first-order valence-corrected chi connectivity index (χ1v) is 6.39. The number of nitrogens with one attached hydrogen (secondary N) is 1. The van der Waals surface area contributed by atoms with Crippen molar-refractivity contribution in [2.75, 3.05) is 0 Å². The second-order valence-corrected chi connectivity index (χ2v) is 5.06. The second kappa shape index (κ2) is 5.70. The van der Waals surface area contributed by atoms with Crippen LogP contribution in [-0.2, 0) is 0 Å². The maximum absolute atomic E-state index is 14.0. The molecule has 0 spiro atoms. The van der Waals surface area contributed by atoms with Gasteiger partial charge in [0, 0.05) is 10.6 Å². The molecule has 2 aromatic carbocycles. The lowest BCUT2D eigenvalue weighted by atomic mass is 9.94. The minimum Gasteiger partial charge on any atom is -0.271 e. The van der Waals surface area contributed by atoms with Crippen molar-refractivity contribution in [3.05, 3.63) is 69.5 Å². The van der Waals surface area contributed by atoms with Crippen LogP contribution in [-0.4, -0.2) is 0 Å². The number of hydrogen-bond acceptors (Lipinski definition) is 2. The Morgan fingerprint density at radius 2 is 1.84 bits per heavy atom. The van der Waals surface area contributed by atoms with E-state index < -0.39 is 6.04 Å². The molecule has 0 saturated carbocycles. The molecule has 4 heteroatoms. The van der Waals surface area contributed by atoms with E-state index in [1.54, 1.807) is 18.2 Å². The Hall–Kier alpha value is -1.42. The molecule has 0 aliphatic heterocycles. The zero-order chi connectivity index (χ0) is 14.0. The van der Waals surface area contributed by atoms with Crippen LogP contribution in [0, 0.1) is 19.7 Å². The summed E-state index contributed by atoms with van der Waals surface area (Å²) in [4.78, 5) is 0. The van der Waals surface area contributed by atoms with E-state index in [0.717, 1.165) is 16.7 Å². The first kappa shape index (κ1) is 14.0. The highest BCUT2D eigenvalue weighted by atomic mass is 35.5. The maximum Gasteiger partial charge on any atom is 0.128 e. The summed E-state index contributed by atoms with van der Waals surface area (Å²) in [7, 11) is 0. The van der Waals surface area contributed by atoms with E-state index in [4.69, 9.17) is 17.4 Å². The fourth-order valence-electron chi connectivity index (χ4n) is 2.15. The van der Waals surface area contributed by atoms with Gasteiger partial charge in [-0.25, -0.2) is 9.82 Å². The summed E-state index contributed by atoms with van der Waals surface area (Å²) in [6, 6.07) is 10.1. The van der Waals surface area contributed by atoms with Gasteiger partial charge in [-0.15, -0.1) is 0 Å². The Kier molecular flexibility index (Phi) is 4.20. The summed E-state index contributed by atoms with van der Waals surface area (Å²) in [6.07, 6.45) is 0. The Labute approximate surface area is 117 Å². The molecule has 2 aromatic rings. The van der Waals surface area contributed by atoms with Crippen LogP contribution in [0.5, 0.6) is 0 Å². The fraction of sp³-hybridized carbons (Fsp3) is 0.200. The molecule has 2 nitrogen and oxygen atoms in total. The number of nitrogens with two attached hydrogens (primary N) is 1. The predicted octanol–water partition coefficient (Wildman–Crippen LogP) is 3.65. The van der Waals surface area contributed by atoms with Crippen LogP contribution < -0.4 is 11.3 Å². The summed E-state index contributed by atoms with van der Waals surface area (Å²) in [5, 5.41) is 0.605. The van der Waals surface area contributed by atoms with Crippen molar-refractivity contribution in [1.82, 2.24) is 5.43 Å². The third-order valence-corrected chi connectivity index (χ3v) is 3.42. The van der Waals surface area contributed by atoms with Gasteiger partial charge in [-0.3, -0.25) is 5.84 Å². The molecule has 0 fully saturated rings. The molecule has 0 radical (unpaired) electrons. The zero-order valence-electron chi connectivity index (χ0n) is 10.9. The van der Waals surface area contributed by atoms with Gasteiger partial charge in [0.05, 0.1) is 6.04 Å². The highest BCUT2D eigenvalue weighted by molar-refractivity contribution is 6.30. The number of rotatable bonds is 3. The molecule has 0 aliphatic carbocycles. The Morgan fingerprint density at radius 3 is 2.53 bits per heavy atom. The summed E-state index contributed by atoms with van der Waals surface area (Å²) < 4.78 is 14.0. The molecule has 1 unspecified atom stereocenters. The van der Waals surface area contributed by atoms with Gasteiger partial charge in [0.2, 0.25) is 0 Å². The first-order valence-electron chi connectivity index (χ1n) is 6.01. The lowest BCUT2D eigenvalue weighted by Gasteiger charge is -2.20. The SMILES string of the molecule is Cc1ccc(F)c(C(NN)c2cc(Cl)ccc2C)c1. The second-order valence-electron chi connectivity index (χ2n) is 4.63. The van der Waals surface area contributed by atoms with E-state index >= 15 is 0 Å². The van der Waals surface area contributed by atoms with E-state index in [0.29, 0.717) is 10.6 Å². The van der Waals surface area contributed by atoms with Gasteiger partial charge in [0.15, 0.2) is 0 Å². The average molecular weight is 279 g/mol. The van der Waals surface area contributed by atoms with Crippen molar-refractivity contribution in [3.63, 3.8) is 0 Å². The van der Waals surface area contributed by atoms with Crippen LogP contribution >= 0.6 is 11.6 Å². The lowest BCUT2D eigenvalue weighted by molar-refractivity contribution is 0.558. The van der Waals surface area contributed by atoms with Gasteiger partial charge in [-0.1, -0.05) is 35.4 Å². The number of aryl methyl sites for hydroxylation is 2. The van der Waals surface area contributed by atoms with Gasteiger partial charge in [-0.05, 0) is 43.2 Å². The van der Waals surface area contributed by atoms with Crippen molar-refractivity contribution >= 4 is 11.6 Å². The highest BCUT2D eigenvalue weighted by Gasteiger charge is 2.18. The maximum atomic E-state index is 14.0. The lowest BCUT2D eigenvalue weighted by Crippen LogP contribution is -2.30. The van der Waals surface area contributed by atoms with E-state index in [-0.39, 0.29) is 5.82 Å². The largest absolute Gasteiger partial charge is 0.271 e. The van der Waals surface area contributed by atoms with Gasteiger partial charge in [0.1, 0.15) is 5.82 Å². The fourth-order valence-corrected chi connectivity index (χ4v) is 2.33. The van der Waals surface area contributed by atoms with Crippen LogP contribution in [0.15, 0.2) is 36.4 Å². The smallest absolute Gasteiger partial charge is 0.128 e. The molecule has 100 valence electrons. The molecule has 19 heavy (non-hydrogen) atoms. The van der Waals surface area contributed by atoms with Crippen molar-refractivity contribution in [1.29, 1.82) is 0 Å². The average Bonchev–Trinajstić information content (AvgIpc) is 2.38. The van der Waals surface area contributed by atoms with E-state index in [1.165, 1.54) is 6.07 Å². The number of halogens is 2. The molecular weight excluding hydrogens is 263 g/mol. The summed E-state index contributed by atoms with van der Waals surface area (Å²) in [5.74, 6) is 5.33. The Balaban J connectivity index is 2.55. The first-order chi connectivity index (χ1) is 9.02. The topological polar surface area (TPSA) is 38.0 Å². The summed E-state index contributed by atoms with van der Waals surface area (Å²) in [6.45, 7) is 3.87. The molecule has 0 amide bonds. The van der Waals surface area contributed by atoms with Crippen LogP contribution in [0.1, 0.15) is 28.3 Å². The molecule has 0 saturated heterocycles. The van der Waals surface area contributed by atoms with E-state index in [1.807, 2.05) is 26.0 Å². The molecule has 0 bridgehead atoms. The van der Waals surface area contributed by atoms with Crippen molar-refractivity contribution in [2.24, 2.45) is 5.84 Å². The number of hydrazine groups is 1. The molecule has 1 atom stereocenters. The van der Waals surface area contributed by atoms with Gasteiger partial charge >= 0.3 is 0 Å².